The lowest BCUT2D eigenvalue weighted by molar-refractivity contribution is 1.18. The molecule has 0 radical (unpaired) electrons. The molecule has 0 saturated heterocycles. The van der Waals surface area contributed by atoms with Crippen LogP contribution in [0.4, 0.5) is 0 Å². The predicted molar refractivity (Wildman–Crippen MR) is 562 cm³/mol. The van der Waals surface area contributed by atoms with E-state index < -0.39 is 0 Å². The van der Waals surface area contributed by atoms with Crippen LogP contribution in [0.2, 0.25) is 0 Å². The van der Waals surface area contributed by atoms with Gasteiger partial charge in [0.2, 0.25) is 0 Å². The molecule has 26 aromatic rings. The van der Waals surface area contributed by atoms with Gasteiger partial charge < -0.3 is 13.7 Å². The first-order valence-electron chi connectivity index (χ1n) is 45.5. The minimum absolute atomic E-state index is 1.16. The normalized spacial score (nSPS) is 11.4. The summed E-state index contributed by atoms with van der Waals surface area (Å²) in [4.78, 5) is 0. The molecular weight excluding hydrogens is 1580 g/mol. The van der Waals surface area contributed by atoms with Crippen LogP contribution in [0.3, 0.4) is 0 Å². The van der Waals surface area contributed by atoms with Crippen LogP contribution in [-0.4, -0.2) is 13.7 Å². The van der Waals surface area contributed by atoms with Crippen molar-refractivity contribution in [2.24, 2.45) is 0 Å². The molecule has 3 heteroatoms. The Morgan fingerprint density at radius 1 is 0.107 bits per heavy atom. The number of para-hydroxylation sites is 6. The van der Waals surface area contributed by atoms with Crippen LogP contribution in [0.5, 0.6) is 0 Å². The van der Waals surface area contributed by atoms with Crippen molar-refractivity contribution in [2.45, 2.75) is 13.8 Å². The van der Waals surface area contributed by atoms with E-state index in [0.717, 1.165) is 5.69 Å². The minimum atomic E-state index is 1.16. The van der Waals surface area contributed by atoms with Gasteiger partial charge >= 0.3 is 0 Å². The van der Waals surface area contributed by atoms with Crippen molar-refractivity contribution in [3.63, 3.8) is 0 Å². The number of rotatable bonds is 11. The second-order valence-corrected chi connectivity index (χ2v) is 33.5. The lowest BCUT2D eigenvalue weighted by Gasteiger charge is -2.19. The van der Waals surface area contributed by atoms with Crippen LogP contribution in [0.1, 0.15) is 13.8 Å². The lowest BCUT2D eigenvalue weighted by Crippen LogP contribution is -1.95. The quantitative estimate of drug-likeness (QED) is 0.115. The minimum Gasteiger partial charge on any atom is -0.309 e. The van der Waals surface area contributed by atoms with Crippen molar-refractivity contribution in [3.8, 4) is 106 Å². The average molecular weight is 1670 g/mol. The third-order valence-electron chi connectivity index (χ3n) is 26.4. The van der Waals surface area contributed by atoms with Gasteiger partial charge in [-0.05, 0) is 239 Å². The van der Waals surface area contributed by atoms with E-state index in [1.807, 2.05) is 13.8 Å². The van der Waals surface area contributed by atoms with Crippen LogP contribution >= 0.6 is 0 Å². The topological polar surface area (TPSA) is 14.8 Å². The average Bonchev–Trinajstić information content (AvgIpc) is 1.74. The summed E-state index contributed by atoms with van der Waals surface area (Å²) in [6.45, 7) is 4.00. The molecule has 0 bridgehead atoms. The third-order valence-corrected chi connectivity index (χ3v) is 26.4. The van der Waals surface area contributed by atoms with E-state index >= 15 is 0 Å². The van der Waals surface area contributed by atoms with E-state index in [-0.39, 0.29) is 0 Å². The molecule has 3 heterocycles. The fraction of sp³-hybridized carbons (Fsp3) is 0.0156. The highest BCUT2D eigenvalue weighted by atomic mass is 15.0. The van der Waals surface area contributed by atoms with Crippen LogP contribution in [-0.2, 0) is 0 Å². The molecule has 0 spiro atoms. The molecule has 0 atom stereocenters. The number of aromatic nitrogens is 3. The second kappa shape index (κ2) is 34.1. The van der Waals surface area contributed by atoms with Crippen LogP contribution in [0.15, 0.2) is 504 Å². The molecule has 0 unspecified atom stereocenters. The number of benzene rings is 23. The molecule has 0 saturated carbocycles. The van der Waals surface area contributed by atoms with Crippen molar-refractivity contribution in [3.05, 3.63) is 504 Å². The van der Waals surface area contributed by atoms with Gasteiger partial charge in [0.1, 0.15) is 0 Å². The molecule has 23 aromatic carbocycles. The largest absolute Gasteiger partial charge is 0.309 e. The Bertz CT molecular complexity index is 8570. The van der Waals surface area contributed by atoms with E-state index in [1.54, 1.807) is 0 Å². The fourth-order valence-corrected chi connectivity index (χ4v) is 20.7. The SMILES string of the molecule is CC.c1ccc(-c2c3ccccc3c(-c3ccc(-c4ccc5c(c4)c4ccccc4n5-c4ccccc4)cc3)c3ccccc23)cc1.c1ccc(-c2c3ccccc3c(-c3ccc(-n4c5ccccc5c5ccccc54)cc3)c3ccccc23)cc1.c1ccc(-c2ccc3c(-c4ccc(-n5c6ccccc6c6ccccc65)cc4)c4ccccc4c(-c4ccccc4)c3c2)cc1. The van der Waals surface area contributed by atoms with Gasteiger partial charge in [-0.2, -0.15) is 0 Å². The molecule has 26 rings (SSSR count). The number of hydrogen-bond acceptors (Lipinski definition) is 0. The standard InChI is InChI=1S/2C44H29N.C38H25N.C2H6/c1-3-13-31(14-4-1)43-36-18-7-9-20-38(36)44(39-21-10-8-19-37(39)43)32-25-23-30(24-26-32)33-27-28-42-40(29-33)35-17-11-12-22-41(35)45(42)34-15-5-2-6-16-34;1-3-13-30(14-4-1)33-25-28-39-40(29-33)44(31-15-5-2-6-16-31)38-20-8-7-19-37(38)43(39)32-23-26-34(27-24-32)45-41-21-11-9-17-35(41)36-18-10-12-22-42(36)45;1-2-12-26(13-3-1)37-31-16-4-6-18-33(31)38(34-19-7-5-17-32(34)37)27-22-24-28(25-23-27)39-35-20-10-8-14-29(35)30-15-9-11-21-36(30)39;1-2/h2*1-29H;1-25H;1-2H3. The molecule has 0 aliphatic carbocycles. The summed E-state index contributed by atoms with van der Waals surface area (Å²) in [6, 6.07) is 183. The highest BCUT2D eigenvalue weighted by Gasteiger charge is 2.24. The number of hydrogen-bond donors (Lipinski definition) is 0. The van der Waals surface area contributed by atoms with Crippen molar-refractivity contribution in [1.82, 2.24) is 13.7 Å². The Morgan fingerprint density at radius 3 is 0.573 bits per heavy atom. The molecule has 0 amide bonds. The molecule has 0 aliphatic heterocycles. The summed E-state index contributed by atoms with van der Waals surface area (Å²) < 4.78 is 7.13. The maximum absolute atomic E-state index is 2.38. The number of fused-ring (bicyclic) bond motifs is 15. The van der Waals surface area contributed by atoms with Gasteiger partial charge in [-0.1, -0.05) is 432 Å². The van der Waals surface area contributed by atoms with Crippen LogP contribution in [0.25, 0.3) is 236 Å². The summed E-state index contributed by atoms with van der Waals surface area (Å²) in [5, 5.41) is 22.9. The Hall–Kier alpha value is -17.0. The summed E-state index contributed by atoms with van der Waals surface area (Å²) in [6.07, 6.45) is 0. The van der Waals surface area contributed by atoms with Gasteiger partial charge in [0.25, 0.3) is 0 Å². The zero-order valence-electron chi connectivity index (χ0n) is 72.8. The summed E-state index contributed by atoms with van der Waals surface area (Å²) >= 11 is 0. The van der Waals surface area contributed by atoms with E-state index in [2.05, 4.69) is 517 Å². The fourth-order valence-electron chi connectivity index (χ4n) is 20.7. The molecule has 3 aromatic heterocycles. The van der Waals surface area contributed by atoms with E-state index in [0.29, 0.717) is 0 Å². The first kappa shape index (κ1) is 78.7. The van der Waals surface area contributed by atoms with Crippen LogP contribution < -0.4 is 0 Å². The molecule has 0 fully saturated rings. The molecule has 3 nitrogen and oxygen atoms in total. The Labute approximate surface area is 761 Å². The Kier molecular flexibility index (Phi) is 20.5. The monoisotopic (exact) mass is 1670 g/mol. The Morgan fingerprint density at radius 2 is 0.275 bits per heavy atom. The molecule has 0 aliphatic rings. The summed E-state index contributed by atoms with van der Waals surface area (Å²) in [5.41, 5.74) is 30.9. The molecular formula is C128H89N3. The van der Waals surface area contributed by atoms with Gasteiger partial charge in [-0.15, -0.1) is 0 Å². The van der Waals surface area contributed by atoms with Gasteiger partial charge in [0, 0.05) is 49.4 Å². The summed E-state index contributed by atoms with van der Waals surface area (Å²) in [5.74, 6) is 0. The predicted octanol–water partition coefficient (Wildman–Crippen LogP) is 35.6. The van der Waals surface area contributed by atoms with Crippen molar-refractivity contribution in [2.75, 3.05) is 0 Å². The van der Waals surface area contributed by atoms with Crippen molar-refractivity contribution in [1.29, 1.82) is 0 Å². The zero-order valence-corrected chi connectivity index (χ0v) is 72.8. The van der Waals surface area contributed by atoms with Gasteiger partial charge in [-0.25, -0.2) is 0 Å². The van der Waals surface area contributed by atoms with Crippen molar-refractivity contribution >= 4 is 130 Å². The van der Waals surface area contributed by atoms with E-state index in [1.165, 1.54) is 230 Å². The highest BCUT2D eigenvalue weighted by molar-refractivity contribution is 6.25. The van der Waals surface area contributed by atoms with E-state index in [9.17, 15) is 0 Å². The molecule has 616 valence electrons. The maximum atomic E-state index is 2.38. The molecule has 0 N–H and O–H groups in total. The number of nitrogens with zero attached hydrogens (tertiary/aromatic N) is 3. The second-order valence-electron chi connectivity index (χ2n) is 33.5. The highest BCUT2D eigenvalue weighted by Crippen LogP contribution is 2.50. The zero-order chi connectivity index (χ0) is 87.2. The first-order valence-corrected chi connectivity index (χ1v) is 45.5. The third kappa shape index (κ3) is 13.9. The smallest absolute Gasteiger partial charge is 0.0541 e. The Balaban J connectivity index is 0.000000111. The van der Waals surface area contributed by atoms with Gasteiger partial charge in [-0.3, -0.25) is 0 Å². The van der Waals surface area contributed by atoms with Gasteiger partial charge in [0.05, 0.1) is 33.1 Å². The first-order chi connectivity index (χ1) is 65.1. The maximum Gasteiger partial charge on any atom is 0.0541 e. The van der Waals surface area contributed by atoms with Crippen molar-refractivity contribution < 1.29 is 0 Å². The lowest BCUT2D eigenvalue weighted by atomic mass is 9.85. The summed E-state index contributed by atoms with van der Waals surface area (Å²) in [7, 11) is 0. The van der Waals surface area contributed by atoms with Gasteiger partial charge in [0.15, 0.2) is 0 Å². The van der Waals surface area contributed by atoms with Crippen LogP contribution in [0, 0.1) is 0 Å². The molecule has 131 heavy (non-hydrogen) atoms. The van der Waals surface area contributed by atoms with E-state index in [4.69, 9.17) is 0 Å².